The van der Waals surface area contributed by atoms with Crippen LogP contribution < -0.4 is 5.32 Å². The van der Waals surface area contributed by atoms with Crippen LogP contribution in [0.1, 0.15) is 23.9 Å². The highest BCUT2D eigenvalue weighted by Gasteiger charge is 2.18. The number of nitrogens with one attached hydrogen (secondary N) is 1. The van der Waals surface area contributed by atoms with Crippen molar-refractivity contribution in [2.24, 2.45) is 0 Å². The number of carbonyl (C=O) groups excluding carboxylic acids is 1. The minimum Gasteiger partial charge on any atom is -0.469 e. The van der Waals surface area contributed by atoms with Crippen LogP contribution in [0, 0.1) is 0 Å². The molecule has 0 fully saturated rings. The van der Waals surface area contributed by atoms with E-state index in [2.05, 4.69) is 20.8 Å². The number of rotatable bonds is 8. The van der Waals surface area contributed by atoms with E-state index in [0.29, 0.717) is 11.5 Å². The molecule has 3 rings (SSSR count). The van der Waals surface area contributed by atoms with Gasteiger partial charge in [-0.25, -0.2) is 8.42 Å². The molecule has 1 atom stereocenters. The molecule has 0 bridgehead atoms. The smallest absolute Gasteiger partial charge is 0.307 e. The Morgan fingerprint density at radius 1 is 1.14 bits per heavy atom. The highest BCUT2D eigenvalue weighted by Crippen LogP contribution is 2.19. The molecule has 152 valence electrons. The van der Waals surface area contributed by atoms with Crippen molar-refractivity contribution in [3.8, 4) is 5.69 Å². The maximum absolute atomic E-state index is 11.8. The molecule has 0 aliphatic heterocycles. The molecule has 10 heteroatoms. The molecular formula is C19H21N5O4S. The zero-order valence-corrected chi connectivity index (χ0v) is 16.8. The van der Waals surface area contributed by atoms with Crippen molar-refractivity contribution in [3.05, 3.63) is 66.0 Å². The van der Waals surface area contributed by atoms with Crippen LogP contribution in [0.2, 0.25) is 0 Å². The molecule has 0 radical (unpaired) electrons. The molecule has 1 aromatic heterocycles. The molecule has 29 heavy (non-hydrogen) atoms. The van der Waals surface area contributed by atoms with Crippen LogP contribution in [-0.2, 0) is 25.9 Å². The maximum atomic E-state index is 11.8. The molecule has 0 unspecified atom stereocenters. The summed E-state index contributed by atoms with van der Waals surface area (Å²) in [6, 6.07) is 15.6. The maximum Gasteiger partial charge on any atom is 0.307 e. The first-order chi connectivity index (χ1) is 13.9. The normalized spacial score (nSPS) is 12.5. The predicted molar refractivity (Wildman–Crippen MR) is 105 cm³/mol. The zero-order chi connectivity index (χ0) is 20.9. The summed E-state index contributed by atoms with van der Waals surface area (Å²) in [6.45, 7) is 0.289. The molecule has 0 spiro atoms. The van der Waals surface area contributed by atoms with E-state index >= 15 is 0 Å². The number of tetrazole rings is 1. The number of carbonyl (C=O) groups is 1. The van der Waals surface area contributed by atoms with Gasteiger partial charge >= 0.3 is 5.97 Å². The molecular weight excluding hydrogens is 394 g/mol. The molecule has 0 saturated carbocycles. The van der Waals surface area contributed by atoms with E-state index in [1.807, 2.05) is 30.3 Å². The van der Waals surface area contributed by atoms with Gasteiger partial charge < -0.3 is 10.1 Å². The van der Waals surface area contributed by atoms with Crippen molar-refractivity contribution in [1.82, 2.24) is 25.5 Å². The number of hydrogen-bond acceptors (Lipinski definition) is 8. The van der Waals surface area contributed by atoms with Crippen LogP contribution in [-0.4, -0.2) is 48.0 Å². The second-order valence-corrected chi connectivity index (χ2v) is 8.41. The van der Waals surface area contributed by atoms with E-state index < -0.39 is 9.84 Å². The first-order valence-electron chi connectivity index (χ1n) is 8.81. The monoisotopic (exact) mass is 415 g/mol. The fourth-order valence-corrected chi connectivity index (χ4v) is 3.44. The van der Waals surface area contributed by atoms with Gasteiger partial charge in [0.2, 0.25) is 0 Å². The second kappa shape index (κ2) is 8.93. The predicted octanol–water partition coefficient (Wildman–Crippen LogP) is 1.46. The van der Waals surface area contributed by atoms with Crippen LogP contribution in [0.5, 0.6) is 0 Å². The lowest BCUT2D eigenvalue weighted by Gasteiger charge is -2.18. The number of esters is 1. The summed E-state index contributed by atoms with van der Waals surface area (Å²) in [6.07, 6.45) is 1.31. The largest absolute Gasteiger partial charge is 0.469 e. The molecule has 0 saturated heterocycles. The number of methoxy groups -OCH3 is 1. The molecule has 0 aliphatic rings. The van der Waals surface area contributed by atoms with Crippen LogP contribution in [0.15, 0.2) is 59.5 Å². The third kappa shape index (κ3) is 5.24. The first-order valence-corrected chi connectivity index (χ1v) is 10.7. The number of ether oxygens (including phenoxy) is 1. The quantitative estimate of drug-likeness (QED) is 0.550. The number of aromatic nitrogens is 4. The van der Waals surface area contributed by atoms with Crippen molar-refractivity contribution >= 4 is 15.8 Å². The van der Waals surface area contributed by atoms with E-state index in [-0.39, 0.29) is 29.9 Å². The van der Waals surface area contributed by atoms with Gasteiger partial charge in [-0.05, 0) is 40.3 Å². The fraction of sp³-hybridized carbons (Fsp3) is 0.263. The number of benzene rings is 2. The van der Waals surface area contributed by atoms with Crippen LogP contribution in [0.3, 0.4) is 0 Å². The molecule has 1 heterocycles. The molecule has 0 aliphatic carbocycles. The Hall–Kier alpha value is -3.11. The average Bonchev–Trinajstić information content (AvgIpc) is 3.19. The lowest BCUT2D eigenvalue weighted by molar-refractivity contribution is -0.141. The highest BCUT2D eigenvalue weighted by atomic mass is 32.2. The third-order valence-electron chi connectivity index (χ3n) is 4.35. The van der Waals surface area contributed by atoms with E-state index in [4.69, 9.17) is 4.74 Å². The summed E-state index contributed by atoms with van der Waals surface area (Å²) in [4.78, 5) is 12.0. The van der Waals surface area contributed by atoms with Gasteiger partial charge in [-0.2, -0.15) is 4.68 Å². The van der Waals surface area contributed by atoms with Gasteiger partial charge in [-0.3, -0.25) is 4.79 Å². The van der Waals surface area contributed by atoms with Crippen molar-refractivity contribution < 1.29 is 17.9 Å². The van der Waals surface area contributed by atoms with Crippen LogP contribution in [0.25, 0.3) is 5.69 Å². The summed E-state index contributed by atoms with van der Waals surface area (Å²) < 4.78 is 29.6. The molecule has 3 aromatic rings. The Bertz CT molecular complexity index is 1070. The van der Waals surface area contributed by atoms with Gasteiger partial charge in [0.25, 0.3) is 0 Å². The summed E-state index contributed by atoms with van der Waals surface area (Å²) in [7, 11) is -1.93. The van der Waals surface area contributed by atoms with Gasteiger partial charge in [0.15, 0.2) is 15.7 Å². The van der Waals surface area contributed by atoms with E-state index in [1.54, 1.807) is 12.1 Å². The lowest BCUT2D eigenvalue weighted by Crippen LogP contribution is -2.25. The van der Waals surface area contributed by atoms with Crippen molar-refractivity contribution in [2.45, 2.75) is 23.9 Å². The summed E-state index contributed by atoms with van der Waals surface area (Å²) in [5, 5.41) is 15.0. The standard InChI is InChI=1S/C19H21N5O4S/c1-28-19(25)12-17(14-6-4-3-5-7-14)20-13-18-21-22-23-24(18)15-8-10-16(11-9-15)29(2,26)27/h3-11,17,20H,12-13H2,1-2H3/t17-/m1/s1. The van der Waals surface area contributed by atoms with Gasteiger partial charge in [-0.15, -0.1) is 5.10 Å². The summed E-state index contributed by atoms with van der Waals surface area (Å²) in [5.41, 5.74) is 1.57. The summed E-state index contributed by atoms with van der Waals surface area (Å²) >= 11 is 0. The highest BCUT2D eigenvalue weighted by molar-refractivity contribution is 7.90. The zero-order valence-electron chi connectivity index (χ0n) is 16.0. The first kappa shape index (κ1) is 20.6. The van der Waals surface area contributed by atoms with Gasteiger partial charge in [0, 0.05) is 12.3 Å². The van der Waals surface area contributed by atoms with Crippen LogP contribution in [0.4, 0.5) is 0 Å². The van der Waals surface area contributed by atoms with Crippen molar-refractivity contribution in [3.63, 3.8) is 0 Å². The minimum absolute atomic E-state index is 0.158. The van der Waals surface area contributed by atoms with Crippen LogP contribution >= 0.6 is 0 Å². The van der Waals surface area contributed by atoms with E-state index in [1.165, 1.54) is 23.9 Å². The van der Waals surface area contributed by atoms with E-state index in [0.717, 1.165) is 11.8 Å². The molecule has 0 amide bonds. The molecule has 1 N–H and O–H groups in total. The second-order valence-electron chi connectivity index (χ2n) is 6.40. The molecule has 9 nitrogen and oxygen atoms in total. The number of hydrogen-bond donors (Lipinski definition) is 1. The van der Waals surface area contributed by atoms with Crippen molar-refractivity contribution in [1.29, 1.82) is 0 Å². The third-order valence-corrected chi connectivity index (χ3v) is 5.48. The SMILES string of the molecule is COC(=O)C[C@@H](NCc1nnnn1-c1ccc(S(C)(=O)=O)cc1)c1ccccc1. The number of sulfone groups is 1. The Morgan fingerprint density at radius 2 is 1.83 bits per heavy atom. The van der Waals surface area contributed by atoms with Gasteiger partial charge in [0.1, 0.15) is 0 Å². The number of nitrogens with zero attached hydrogens (tertiary/aromatic N) is 4. The van der Waals surface area contributed by atoms with E-state index in [9.17, 15) is 13.2 Å². The van der Waals surface area contributed by atoms with Gasteiger partial charge in [0.05, 0.1) is 30.7 Å². The Morgan fingerprint density at radius 3 is 2.45 bits per heavy atom. The Balaban J connectivity index is 1.78. The minimum atomic E-state index is -3.28. The molecule has 2 aromatic carbocycles. The fourth-order valence-electron chi connectivity index (χ4n) is 2.81. The Kier molecular flexibility index (Phi) is 6.35. The van der Waals surface area contributed by atoms with Crippen molar-refractivity contribution in [2.75, 3.05) is 13.4 Å². The lowest BCUT2D eigenvalue weighted by atomic mass is 10.0. The summed E-state index contributed by atoms with van der Waals surface area (Å²) in [5.74, 6) is 0.185. The van der Waals surface area contributed by atoms with Gasteiger partial charge in [-0.1, -0.05) is 30.3 Å². The topological polar surface area (TPSA) is 116 Å². The Labute approximate surface area is 168 Å². The average molecular weight is 415 g/mol.